The molecule has 0 aliphatic heterocycles. The second-order valence-electron chi connectivity index (χ2n) is 3.58. The Labute approximate surface area is 103 Å². The summed E-state index contributed by atoms with van der Waals surface area (Å²) in [6.45, 7) is 2.40. The van der Waals surface area contributed by atoms with Crippen molar-refractivity contribution in [3.05, 3.63) is 41.7 Å². The molecule has 0 amide bonds. The molecule has 18 heavy (non-hydrogen) atoms. The number of ether oxygens (including phenoxy) is 1. The van der Waals surface area contributed by atoms with E-state index in [2.05, 4.69) is 10.1 Å². The van der Waals surface area contributed by atoms with Gasteiger partial charge in [0.15, 0.2) is 17.4 Å². The Morgan fingerprint density at radius 1 is 1.50 bits per heavy atom. The van der Waals surface area contributed by atoms with Gasteiger partial charge in [-0.05, 0) is 25.1 Å². The van der Waals surface area contributed by atoms with Gasteiger partial charge in [-0.2, -0.15) is 5.10 Å². The van der Waals surface area contributed by atoms with E-state index < -0.39 is 5.82 Å². The maximum atomic E-state index is 13.3. The molecule has 2 rings (SSSR count). The van der Waals surface area contributed by atoms with Gasteiger partial charge in [-0.15, -0.1) is 0 Å². The first-order valence-corrected chi connectivity index (χ1v) is 5.43. The van der Waals surface area contributed by atoms with E-state index in [1.807, 2.05) is 6.92 Å². The molecule has 6 heteroatoms. The van der Waals surface area contributed by atoms with Crippen LogP contribution in [0.1, 0.15) is 23.1 Å². The molecule has 0 saturated heterocycles. The number of benzene rings is 1. The molecule has 0 spiro atoms. The molecule has 94 valence electrons. The zero-order valence-electron chi connectivity index (χ0n) is 10.1. The van der Waals surface area contributed by atoms with E-state index in [-0.39, 0.29) is 17.4 Å². The smallest absolute Gasteiger partial charge is 0.230 e. The molecule has 1 aromatic heterocycles. The van der Waals surface area contributed by atoms with Crippen molar-refractivity contribution in [1.29, 1.82) is 0 Å². The Kier molecular flexibility index (Phi) is 3.36. The van der Waals surface area contributed by atoms with Gasteiger partial charge in [0.25, 0.3) is 0 Å². The molecule has 2 aromatic rings. The minimum Gasteiger partial charge on any atom is -0.494 e. The molecule has 0 N–H and O–H groups in total. The Balaban J connectivity index is 2.40. The Morgan fingerprint density at radius 3 is 2.94 bits per heavy atom. The number of carbonyl (C=O) groups is 1. The van der Waals surface area contributed by atoms with Crippen LogP contribution in [0.25, 0.3) is 0 Å². The number of methoxy groups -OCH3 is 1. The minimum atomic E-state index is -0.508. The highest BCUT2D eigenvalue weighted by Gasteiger charge is 2.17. The quantitative estimate of drug-likeness (QED) is 0.773. The molecule has 0 atom stereocenters. The first-order chi connectivity index (χ1) is 8.67. The Hall–Kier alpha value is -2.24. The lowest BCUT2D eigenvalue weighted by Gasteiger charge is -2.05. The van der Waals surface area contributed by atoms with Crippen molar-refractivity contribution in [2.45, 2.75) is 13.5 Å². The Bertz CT molecular complexity index is 580. The molecule has 0 radical (unpaired) electrons. The lowest BCUT2D eigenvalue weighted by Crippen LogP contribution is -2.12. The number of hydrogen-bond donors (Lipinski definition) is 0. The van der Waals surface area contributed by atoms with Gasteiger partial charge in [-0.3, -0.25) is 4.79 Å². The molecule has 0 saturated carbocycles. The summed E-state index contributed by atoms with van der Waals surface area (Å²) in [6.07, 6.45) is 1.32. The zero-order chi connectivity index (χ0) is 13.1. The molecule has 1 aromatic carbocycles. The SMILES string of the molecule is CCn1ncnc1C(=O)c1ccc(F)c(OC)c1. The van der Waals surface area contributed by atoms with Gasteiger partial charge in [0.2, 0.25) is 5.78 Å². The van der Waals surface area contributed by atoms with Crippen molar-refractivity contribution in [2.75, 3.05) is 7.11 Å². The predicted molar refractivity (Wildman–Crippen MR) is 62.1 cm³/mol. The molecule has 0 aliphatic rings. The first-order valence-electron chi connectivity index (χ1n) is 5.43. The van der Waals surface area contributed by atoms with Crippen LogP contribution >= 0.6 is 0 Å². The lowest BCUT2D eigenvalue weighted by molar-refractivity contribution is 0.102. The third-order valence-corrected chi connectivity index (χ3v) is 2.53. The van der Waals surface area contributed by atoms with E-state index in [4.69, 9.17) is 4.74 Å². The number of nitrogens with zero attached hydrogens (tertiary/aromatic N) is 3. The number of hydrogen-bond acceptors (Lipinski definition) is 4. The van der Waals surface area contributed by atoms with Crippen molar-refractivity contribution in [1.82, 2.24) is 14.8 Å². The summed E-state index contributed by atoms with van der Waals surface area (Å²) in [6, 6.07) is 3.94. The molecular weight excluding hydrogens is 237 g/mol. The van der Waals surface area contributed by atoms with Crippen LogP contribution in [0.5, 0.6) is 5.75 Å². The summed E-state index contributed by atoms with van der Waals surface area (Å²) in [4.78, 5) is 16.1. The fourth-order valence-electron chi connectivity index (χ4n) is 1.60. The van der Waals surface area contributed by atoms with Crippen LogP contribution in [-0.2, 0) is 6.54 Å². The zero-order valence-corrected chi connectivity index (χ0v) is 10.1. The number of ketones is 1. The van der Waals surface area contributed by atoms with E-state index in [9.17, 15) is 9.18 Å². The number of carbonyl (C=O) groups excluding carboxylic acids is 1. The maximum Gasteiger partial charge on any atom is 0.230 e. The van der Waals surface area contributed by atoms with Gasteiger partial charge in [0.1, 0.15) is 6.33 Å². The highest BCUT2D eigenvalue weighted by Crippen LogP contribution is 2.19. The molecular formula is C12H12FN3O2. The lowest BCUT2D eigenvalue weighted by atomic mass is 10.1. The van der Waals surface area contributed by atoms with Crippen molar-refractivity contribution in [3.8, 4) is 5.75 Å². The summed E-state index contributed by atoms with van der Waals surface area (Å²) < 4.78 is 19.6. The van der Waals surface area contributed by atoms with Crippen molar-refractivity contribution < 1.29 is 13.9 Å². The van der Waals surface area contributed by atoms with Gasteiger partial charge in [-0.25, -0.2) is 14.1 Å². The second kappa shape index (κ2) is 4.95. The van der Waals surface area contributed by atoms with E-state index in [0.29, 0.717) is 12.1 Å². The van der Waals surface area contributed by atoms with Crippen LogP contribution in [0.4, 0.5) is 4.39 Å². The van der Waals surface area contributed by atoms with E-state index in [1.54, 1.807) is 0 Å². The fourth-order valence-corrected chi connectivity index (χ4v) is 1.60. The molecule has 0 unspecified atom stereocenters. The summed E-state index contributed by atoms with van der Waals surface area (Å²) in [7, 11) is 1.35. The van der Waals surface area contributed by atoms with Crippen LogP contribution in [0, 0.1) is 5.82 Å². The molecule has 0 bridgehead atoms. The summed E-state index contributed by atoms with van der Waals surface area (Å²) in [5.74, 6) is -0.562. The van der Waals surface area contributed by atoms with Gasteiger partial charge in [0.05, 0.1) is 7.11 Å². The van der Waals surface area contributed by atoms with Gasteiger partial charge < -0.3 is 4.74 Å². The summed E-state index contributed by atoms with van der Waals surface area (Å²) >= 11 is 0. The third-order valence-electron chi connectivity index (χ3n) is 2.53. The normalized spacial score (nSPS) is 10.4. The van der Waals surface area contributed by atoms with Crippen LogP contribution in [0.15, 0.2) is 24.5 Å². The predicted octanol–water partition coefficient (Wildman–Crippen LogP) is 1.68. The largest absolute Gasteiger partial charge is 0.494 e. The molecule has 0 aliphatic carbocycles. The first kappa shape index (κ1) is 12.2. The average molecular weight is 249 g/mol. The van der Waals surface area contributed by atoms with Crippen LogP contribution in [0.2, 0.25) is 0 Å². The number of halogens is 1. The number of aromatic nitrogens is 3. The Morgan fingerprint density at radius 2 is 2.28 bits per heavy atom. The van der Waals surface area contributed by atoms with Crippen LogP contribution < -0.4 is 4.74 Å². The van der Waals surface area contributed by atoms with E-state index in [0.717, 1.165) is 0 Å². The van der Waals surface area contributed by atoms with Crippen molar-refractivity contribution in [2.24, 2.45) is 0 Å². The molecule has 1 heterocycles. The highest BCUT2D eigenvalue weighted by atomic mass is 19.1. The van der Waals surface area contributed by atoms with E-state index >= 15 is 0 Å². The highest BCUT2D eigenvalue weighted by molar-refractivity contribution is 6.06. The third kappa shape index (κ3) is 2.09. The second-order valence-corrected chi connectivity index (χ2v) is 3.58. The summed E-state index contributed by atoms with van der Waals surface area (Å²) in [5, 5.41) is 3.92. The maximum absolute atomic E-state index is 13.3. The van der Waals surface area contributed by atoms with Gasteiger partial charge in [0, 0.05) is 12.1 Å². The topological polar surface area (TPSA) is 57.0 Å². The number of aryl methyl sites for hydroxylation is 1. The standard InChI is InChI=1S/C12H12FN3O2/c1-3-16-12(14-7-15-16)11(17)8-4-5-9(13)10(6-8)18-2/h4-7H,3H2,1-2H3. The van der Waals surface area contributed by atoms with E-state index in [1.165, 1.54) is 36.3 Å². The number of rotatable bonds is 4. The summed E-state index contributed by atoms with van der Waals surface area (Å²) in [5.41, 5.74) is 0.316. The van der Waals surface area contributed by atoms with Crippen molar-refractivity contribution in [3.63, 3.8) is 0 Å². The van der Waals surface area contributed by atoms with Crippen LogP contribution in [0.3, 0.4) is 0 Å². The monoisotopic (exact) mass is 249 g/mol. The van der Waals surface area contributed by atoms with Gasteiger partial charge >= 0.3 is 0 Å². The fraction of sp³-hybridized carbons (Fsp3) is 0.250. The average Bonchev–Trinajstić information content (AvgIpc) is 2.86. The molecule has 0 fully saturated rings. The minimum absolute atomic E-state index is 0.0309. The van der Waals surface area contributed by atoms with Crippen molar-refractivity contribution >= 4 is 5.78 Å². The van der Waals surface area contributed by atoms with Crippen LogP contribution in [-0.4, -0.2) is 27.7 Å². The molecule has 5 nitrogen and oxygen atoms in total. The van der Waals surface area contributed by atoms with Gasteiger partial charge in [-0.1, -0.05) is 0 Å².